The Balaban J connectivity index is 1.57. The van der Waals surface area contributed by atoms with Crippen molar-refractivity contribution < 1.29 is 9.13 Å². The van der Waals surface area contributed by atoms with Crippen LogP contribution >= 0.6 is 0 Å². The van der Waals surface area contributed by atoms with Crippen LogP contribution in [0.5, 0.6) is 0 Å². The molecule has 0 amide bonds. The second kappa shape index (κ2) is 6.55. The van der Waals surface area contributed by atoms with Gasteiger partial charge in [-0.05, 0) is 64.0 Å². The van der Waals surface area contributed by atoms with E-state index in [2.05, 4.69) is 5.32 Å². The van der Waals surface area contributed by atoms with Crippen molar-refractivity contribution in [2.75, 3.05) is 19.7 Å². The van der Waals surface area contributed by atoms with Gasteiger partial charge in [0.05, 0.1) is 6.10 Å². The third kappa shape index (κ3) is 3.70. The lowest BCUT2D eigenvalue weighted by Gasteiger charge is -2.25. The summed E-state index contributed by atoms with van der Waals surface area (Å²) in [5.74, 6) is 0.311. The van der Waals surface area contributed by atoms with E-state index in [4.69, 9.17) is 4.74 Å². The van der Waals surface area contributed by atoms with Gasteiger partial charge in [0.2, 0.25) is 0 Å². The van der Waals surface area contributed by atoms with Crippen molar-refractivity contribution >= 4 is 0 Å². The average molecular weight is 229 g/mol. The highest BCUT2D eigenvalue weighted by molar-refractivity contribution is 4.76. The number of hydrogen-bond acceptors (Lipinski definition) is 2. The van der Waals surface area contributed by atoms with E-state index < -0.39 is 6.17 Å². The fraction of sp³-hybridized carbons (Fsp3) is 1.00. The van der Waals surface area contributed by atoms with Crippen LogP contribution in [0.15, 0.2) is 0 Å². The number of ether oxygens (including phenoxy) is 1. The second-order valence-electron chi connectivity index (χ2n) is 5.17. The molecule has 0 saturated carbocycles. The first-order valence-electron chi connectivity index (χ1n) is 6.82. The summed E-state index contributed by atoms with van der Waals surface area (Å²) < 4.78 is 19.4. The van der Waals surface area contributed by atoms with Crippen LogP contribution in [0.25, 0.3) is 0 Å². The molecule has 2 aliphatic rings. The first-order valence-corrected chi connectivity index (χ1v) is 6.82. The molecule has 2 aliphatic heterocycles. The molecule has 0 aliphatic carbocycles. The highest BCUT2D eigenvalue weighted by atomic mass is 19.1. The quantitative estimate of drug-likeness (QED) is 0.782. The summed E-state index contributed by atoms with van der Waals surface area (Å²) in [5.41, 5.74) is 0. The molecule has 1 N–H and O–H groups in total. The molecule has 0 aromatic rings. The number of halogens is 1. The molecule has 0 aromatic carbocycles. The van der Waals surface area contributed by atoms with E-state index in [0.717, 1.165) is 51.8 Å². The molecule has 0 spiro atoms. The van der Waals surface area contributed by atoms with Gasteiger partial charge in [-0.3, -0.25) is 0 Å². The lowest BCUT2D eigenvalue weighted by Crippen LogP contribution is -2.32. The number of hydrogen-bond donors (Lipinski definition) is 1. The SMILES string of the molecule is FC(CCCC1CCCO1)C1CCNCC1. The Bertz CT molecular complexity index is 188. The molecule has 94 valence electrons. The largest absolute Gasteiger partial charge is 0.378 e. The zero-order valence-corrected chi connectivity index (χ0v) is 10.1. The maximum absolute atomic E-state index is 13.9. The lowest BCUT2D eigenvalue weighted by atomic mass is 9.90. The van der Waals surface area contributed by atoms with Crippen LogP contribution in [-0.4, -0.2) is 32.0 Å². The van der Waals surface area contributed by atoms with E-state index in [1.165, 1.54) is 12.8 Å². The number of nitrogens with one attached hydrogen (secondary N) is 1. The Morgan fingerprint density at radius 3 is 2.75 bits per heavy atom. The Hall–Kier alpha value is -0.150. The summed E-state index contributed by atoms with van der Waals surface area (Å²) in [4.78, 5) is 0. The van der Waals surface area contributed by atoms with E-state index in [1.54, 1.807) is 0 Å². The minimum Gasteiger partial charge on any atom is -0.378 e. The van der Waals surface area contributed by atoms with Crippen molar-refractivity contribution in [3.8, 4) is 0 Å². The smallest absolute Gasteiger partial charge is 0.103 e. The standard InChI is InChI=1S/C13H24FNO/c14-13(11-6-8-15-9-7-11)5-1-3-12-4-2-10-16-12/h11-13,15H,1-10H2. The maximum Gasteiger partial charge on any atom is 0.103 e. The van der Waals surface area contributed by atoms with E-state index in [0.29, 0.717) is 12.0 Å². The molecule has 2 heterocycles. The molecular formula is C13H24FNO. The molecule has 3 heteroatoms. The minimum absolute atomic E-state index is 0.311. The van der Waals surface area contributed by atoms with E-state index >= 15 is 0 Å². The molecule has 0 radical (unpaired) electrons. The van der Waals surface area contributed by atoms with Gasteiger partial charge in [0.1, 0.15) is 6.17 Å². The molecule has 16 heavy (non-hydrogen) atoms. The summed E-state index contributed by atoms with van der Waals surface area (Å²) in [6.45, 7) is 2.91. The van der Waals surface area contributed by atoms with E-state index in [9.17, 15) is 4.39 Å². The summed E-state index contributed by atoms with van der Waals surface area (Å²) in [6.07, 6.45) is 7.06. The summed E-state index contributed by atoms with van der Waals surface area (Å²) >= 11 is 0. The lowest BCUT2D eigenvalue weighted by molar-refractivity contribution is 0.0961. The molecular weight excluding hydrogens is 205 g/mol. The molecule has 2 atom stereocenters. The van der Waals surface area contributed by atoms with Crippen molar-refractivity contribution in [3.63, 3.8) is 0 Å². The van der Waals surface area contributed by atoms with Crippen molar-refractivity contribution in [1.29, 1.82) is 0 Å². The normalized spacial score (nSPS) is 29.4. The summed E-state index contributed by atoms with van der Waals surface area (Å²) in [5, 5.41) is 3.28. The molecule has 2 saturated heterocycles. The topological polar surface area (TPSA) is 21.3 Å². The highest BCUT2D eigenvalue weighted by Gasteiger charge is 2.23. The number of rotatable bonds is 5. The molecule has 0 bridgehead atoms. The Kier molecular flexibility index (Phi) is 5.04. The van der Waals surface area contributed by atoms with Gasteiger partial charge in [-0.2, -0.15) is 0 Å². The minimum atomic E-state index is -0.580. The highest BCUT2D eigenvalue weighted by Crippen LogP contribution is 2.25. The zero-order valence-electron chi connectivity index (χ0n) is 10.1. The predicted molar refractivity (Wildman–Crippen MR) is 63.3 cm³/mol. The van der Waals surface area contributed by atoms with Crippen LogP contribution in [0.3, 0.4) is 0 Å². The summed E-state index contributed by atoms with van der Waals surface area (Å²) in [6, 6.07) is 0. The van der Waals surface area contributed by atoms with Crippen molar-refractivity contribution in [2.45, 2.75) is 57.2 Å². The van der Waals surface area contributed by atoms with Crippen LogP contribution in [0.4, 0.5) is 4.39 Å². The van der Waals surface area contributed by atoms with Crippen molar-refractivity contribution in [3.05, 3.63) is 0 Å². The van der Waals surface area contributed by atoms with Crippen LogP contribution in [-0.2, 0) is 4.74 Å². The molecule has 2 unspecified atom stereocenters. The van der Waals surface area contributed by atoms with Gasteiger partial charge in [0.25, 0.3) is 0 Å². The van der Waals surface area contributed by atoms with Crippen LogP contribution < -0.4 is 5.32 Å². The maximum atomic E-state index is 13.9. The van der Waals surface area contributed by atoms with Crippen molar-refractivity contribution in [1.82, 2.24) is 5.32 Å². The third-order valence-corrected chi connectivity index (χ3v) is 3.93. The predicted octanol–water partition coefficient (Wildman–Crippen LogP) is 2.67. The molecule has 2 nitrogen and oxygen atoms in total. The van der Waals surface area contributed by atoms with Gasteiger partial charge in [-0.1, -0.05) is 0 Å². The average Bonchev–Trinajstić information content (AvgIpc) is 2.83. The first kappa shape index (κ1) is 12.3. The third-order valence-electron chi connectivity index (χ3n) is 3.93. The van der Waals surface area contributed by atoms with Gasteiger partial charge in [-0.25, -0.2) is 4.39 Å². The second-order valence-corrected chi connectivity index (χ2v) is 5.17. The molecule has 2 fully saturated rings. The fourth-order valence-electron chi connectivity index (χ4n) is 2.85. The van der Waals surface area contributed by atoms with Crippen LogP contribution in [0.2, 0.25) is 0 Å². The van der Waals surface area contributed by atoms with Gasteiger partial charge in [-0.15, -0.1) is 0 Å². The van der Waals surface area contributed by atoms with Gasteiger partial charge >= 0.3 is 0 Å². The van der Waals surface area contributed by atoms with Crippen molar-refractivity contribution in [2.24, 2.45) is 5.92 Å². The molecule has 2 rings (SSSR count). The first-order chi connectivity index (χ1) is 7.86. The van der Waals surface area contributed by atoms with Crippen LogP contribution in [0, 0.1) is 5.92 Å². The fourth-order valence-corrected chi connectivity index (χ4v) is 2.85. The Morgan fingerprint density at radius 1 is 1.25 bits per heavy atom. The number of piperidine rings is 1. The Labute approximate surface area is 97.9 Å². The van der Waals surface area contributed by atoms with Gasteiger partial charge in [0.15, 0.2) is 0 Å². The Morgan fingerprint density at radius 2 is 2.06 bits per heavy atom. The zero-order chi connectivity index (χ0) is 11.2. The molecule has 0 aromatic heterocycles. The van der Waals surface area contributed by atoms with Gasteiger partial charge in [0, 0.05) is 6.61 Å². The monoisotopic (exact) mass is 229 g/mol. The summed E-state index contributed by atoms with van der Waals surface area (Å²) in [7, 11) is 0. The van der Waals surface area contributed by atoms with Gasteiger partial charge < -0.3 is 10.1 Å². The van der Waals surface area contributed by atoms with Crippen LogP contribution in [0.1, 0.15) is 44.9 Å². The van der Waals surface area contributed by atoms with E-state index in [1.807, 2.05) is 0 Å². The number of alkyl halides is 1. The van der Waals surface area contributed by atoms with E-state index in [-0.39, 0.29) is 0 Å².